The van der Waals surface area contributed by atoms with Crippen LogP contribution in [0.15, 0.2) is 42.6 Å². The lowest BCUT2D eigenvalue weighted by molar-refractivity contribution is 0.165. The van der Waals surface area contributed by atoms with Crippen LogP contribution in [0.1, 0.15) is 5.82 Å². The lowest BCUT2D eigenvalue weighted by Gasteiger charge is -2.39. The second-order valence-electron chi connectivity index (χ2n) is 6.04. The number of aryl methyl sites for hydroxylation is 1. The van der Waals surface area contributed by atoms with Crippen LogP contribution >= 0.6 is 0 Å². The summed E-state index contributed by atoms with van der Waals surface area (Å²) in [6.45, 7) is 3.26. The highest BCUT2D eigenvalue weighted by atomic mass is 19.1. The summed E-state index contributed by atoms with van der Waals surface area (Å²) in [4.78, 5) is 6.33. The number of nitrogens with zero attached hydrogens (tertiary/aromatic N) is 5. The monoisotopic (exact) mass is 355 g/mol. The van der Waals surface area contributed by atoms with Gasteiger partial charge in [0, 0.05) is 6.07 Å². The predicted octanol–water partition coefficient (Wildman–Crippen LogP) is 2.39. The Morgan fingerprint density at radius 3 is 2.50 bits per heavy atom. The van der Waals surface area contributed by atoms with E-state index in [1.165, 1.54) is 12.1 Å². The van der Waals surface area contributed by atoms with Crippen LogP contribution in [-0.4, -0.2) is 46.1 Å². The van der Waals surface area contributed by atoms with E-state index < -0.39 is 0 Å². The quantitative estimate of drug-likeness (QED) is 0.700. The van der Waals surface area contributed by atoms with E-state index in [-0.39, 0.29) is 11.9 Å². The Kier molecular flexibility index (Phi) is 4.16. The Bertz CT molecular complexity index is 889. The molecule has 0 bridgehead atoms. The van der Waals surface area contributed by atoms with E-state index in [1.54, 1.807) is 31.5 Å². The molecule has 1 saturated heterocycles. The molecule has 8 heteroatoms. The van der Waals surface area contributed by atoms with Crippen molar-refractivity contribution < 1.29 is 13.9 Å². The van der Waals surface area contributed by atoms with E-state index in [0.29, 0.717) is 24.7 Å². The minimum Gasteiger partial charge on any atom is -0.487 e. The second-order valence-corrected chi connectivity index (χ2v) is 6.04. The van der Waals surface area contributed by atoms with Crippen molar-refractivity contribution in [2.75, 3.05) is 25.1 Å². The summed E-state index contributed by atoms with van der Waals surface area (Å²) in [5.41, 5.74) is 0.867. The smallest absolute Gasteiger partial charge is 0.232 e. The van der Waals surface area contributed by atoms with Gasteiger partial charge in [-0.25, -0.2) is 9.37 Å². The van der Waals surface area contributed by atoms with Crippen molar-refractivity contribution >= 4 is 5.95 Å². The Balaban J connectivity index is 1.47. The fourth-order valence-corrected chi connectivity index (χ4v) is 2.87. The summed E-state index contributed by atoms with van der Waals surface area (Å²) in [6, 6.07) is 9.76. The number of rotatable bonds is 5. The molecule has 26 heavy (non-hydrogen) atoms. The maximum Gasteiger partial charge on any atom is 0.232 e. The summed E-state index contributed by atoms with van der Waals surface area (Å²) in [7, 11) is 1.58. The molecule has 0 unspecified atom stereocenters. The van der Waals surface area contributed by atoms with Gasteiger partial charge in [0.15, 0.2) is 0 Å². The Morgan fingerprint density at radius 1 is 1.08 bits per heavy atom. The van der Waals surface area contributed by atoms with Crippen molar-refractivity contribution in [2.45, 2.75) is 13.0 Å². The first-order valence-electron chi connectivity index (χ1n) is 8.23. The van der Waals surface area contributed by atoms with Gasteiger partial charge in [0.25, 0.3) is 0 Å². The van der Waals surface area contributed by atoms with E-state index in [9.17, 15) is 4.39 Å². The molecule has 0 atom stereocenters. The van der Waals surface area contributed by atoms with Gasteiger partial charge in [-0.05, 0) is 37.3 Å². The molecule has 1 fully saturated rings. The molecule has 0 N–H and O–H groups in total. The van der Waals surface area contributed by atoms with E-state index in [0.717, 1.165) is 17.5 Å². The predicted molar refractivity (Wildman–Crippen MR) is 93.5 cm³/mol. The average Bonchev–Trinajstić information content (AvgIpc) is 3.00. The molecule has 4 rings (SSSR count). The zero-order chi connectivity index (χ0) is 18.1. The number of pyridine rings is 1. The van der Waals surface area contributed by atoms with Crippen molar-refractivity contribution in [3.05, 3.63) is 54.2 Å². The van der Waals surface area contributed by atoms with Crippen molar-refractivity contribution in [3.8, 4) is 17.3 Å². The molecule has 3 aromatic rings. The Morgan fingerprint density at radius 2 is 1.85 bits per heavy atom. The number of halogens is 1. The first kappa shape index (κ1) is 16.3. The van der Waals surface area contributed by atoms with Gasteiger partial charge in [0.2, 0.25) is 11.8 Å². The number of aromatic nitrogens is 4. The van der Waals surface area contributed by atoms with Crippen LogP contribution in [0.25, 0.3) is 5.69 Å². The molecule has 0 radical (unpaired) electrons. The molecule has 134 valence electrons. The molecule has 0 aliphatic carbocycles. The molecular weight excluding hydrogens is 337 g/mol. The highest BCUT2D eigenvalue weighted by molar-refractivity contribution is 5.46. The fourth-order valence-electron chi connectivity index (χ4n) is 2.87. The van der Waals surface area contributed by atoms with Gasteiger partial charge < -0.3 is 14.4 Å². The second kappa shape index (κ2) is 6.62. The van der Waals surface area contributed by atoms with Gasteiger partial charge in [-0.3, -0.25) is 4.57 Å². The standard InChI is InChI=1S/C18H18FN5O2/c1-12-21-22-18(24(12)14-5-8-17(25-2)20-9-14)23-10-16(11-23)26-15-6-3-13(19)4-7-15/h3-9,16H,10-11H2,1-2H3. The maximum atomic E-state index is 13.0. The summed E-state index contributed by atoms with van der Waals surface area (Å²) >= 11 is 0. The van der Waals surface area contributed by atoms with E-state index >= 15 is 0 Å². The van der Waals surface area contributed by atoms with E-state index in [1.807, 2.05) is 17.6 Å². The third-order valence-corrected chi connectivity index (χ3v) is 4.24. The normalized spacial score (nSPS) is 14.2. The molecule has 1 aliphatic rings. The lowest BCUT2D eigenvalue weighted by Crippen LogP contribution is -2.54. The van der Waals surface area contributed by atoms with Crippen LogP contribution in [0.4, 0.5) is 10.3 Å². The van der Waals surface area contributed by atoms with Gasteiger partial charge >= 0.3 is 0 Å². The fraction of sp³-hybridized carbons (Fsp3) is 0.278. The zero-order valence-electron chi connectivity index (χ0n) is 14.5. The molecule has 1 aliphatic heterocycles. The number of anilines is 1. The van der Waals surface area contributed by atoms with Crippen molar-refractivity contribution in [3.63, 3.8) is 0 Å². The molecule has 0 saturated carbocycles. The first-order chi connectivity index (χ1) is 12.6. The SMILES string of the molecule is COc1ccc(-n2c(C)nnc2N2CC(Oc3ccc(F)cc3)C2)cn1. The number of hydrogen-bond acceptors (Lipinski definition) is 6. The van der Waals surface area contributed by atoms with Crippen molar-refractivity contribution in [1.29, 1.82) is 0 Å². The van der Waals surface area contributed by atoms with Gasteiger partial charge in [0.1, 0.15) is 23.5 Å². The van der Waals surface area contributed by atoms with Crippen LogP contribution in [0.3, 0.4) is 0 Å². The first-order valence-corrected chi connectivity index (χ1v) is 8.23. The summed E-state index contributed by atoms with van der Waals surface area (Å²) < 4.78 is 25.9. The largest absolute Gasteiger partial charge is 0.487 e. The van der Waals surface area contributed by atoms with Crippen molar-refractivity contribution in [2.24, 2.45) is 0 Å². The van der Waals surface area contributed by atoms with Crippen LogP contribution < -0.4 is 14.4 Å². The van der Waals surface area contributed by atoms with Crippen LogP contribution in [-0.2, 0) is 0 Å². The van der Waals surface area contributed by atoms with Gasteiger partial charge in [0.05, 0.1) is 32.1 Å². The Labute approximate surface area is 150 Å². The van der Waals surface area contributed by atoms with E-state index in [2.05, 4.69) is 20.1 Å². The molecule has 0 amide bonds. The highest BCUT2D eigenvalue weighted by Gasteiger charge is 2.32. The van der Waals surface area contributed by atoms with E-state index in [4.69, 9.17) is 9.47 Å². The average molecular weight is 355 g/mol. The molecule has 7 nitrogen and oxygen atoms in total. The van der Waals surface area contributed by atoms with Crippen LogP contribution in [0, 0.1) is 12.7 Å². The third-order valence-electron chi connectivity index (χ3n) is 4.24. The zero-order valence-corrected chi connectivity index (χ0v) is 14.5. The van der Waals surface area contributed by atoms with Crippen LogP contribution in [0.5, 0.6) is 11.6 Å². The third kappa shape index (κ3) is 3.05. The number of ether oxygens (including phenoxy) is 2. The number of benzene rings is 1. The van der Waals surface area contributed by atoms with Gasteiger partial charge in [-0.15, -0.1) is 10.2 Å². The Hall–Kier alpha value is -3.16. The molecule has 0 spiro atoms. The molecular formula is C18H18FN5O2. The summed E-state index contributed by atoms with van der Waals surface area (Å²) in [6.07, 6.45) is 1.75. The number of methoxy groups -OCH3 is 1. The lowest BCUT2D eigenvalue weighted by atomic mass is 10.2. The highest BCUT2D eigenvalue weighted by Crippen LogP contribution is 2.26. The minimum absolute atomic E-state index is 0.0277. The summed E-state index contributed by atoms with van der Waals surface area (Å²) in [5, 5.41) is 8.47. The van der Waals surface area contributed by atoms with Crippen LogP contribution in [0.2, 0.25) is 0 Å². The van der Waals surface area contributed by atoms with Gasteiger partial charge in [-0.1, -0.05) is 0 Å². The molecule has 1 aromatic carbocycles. The number of hydrogen-bond donors (Lipinski definition) is 0. The minimum atomic E-state index is -0.274. The maximum absolute atomic E-state index is 13.0. The topological polar surface area (TPSA) is 65.3 Å². The summed E-state index contributed by atoms with van der Waals surface area (Å²) in [5.74, 6) is 2.46. The molecule has 2 aromatic heterocycles. The van der Waals surface area contributed by atoms with Gasteiger partial charge in [-0.2, -0.15) is 0 Å². The molecule has 3 heterocycles. The van der Waals surface area contributed by atoms with Crippen molar-refractivity contribution in [1.82, 2.24) is 19.7 Å².